The molecule has 1 amide bonds. The molecule has 0 spiro atoms. The van der Waals surface area contributed by atoms with Crippen LogP contribution in [0.4, 0.5) is 8.78 Å². The van der Waals surface area contributed by atoms with E-state index in [1.807, 2.05) is 11.6 Å². The van der Waals surface area contributed by atoms with Crippen LogP contribution in [0.2, 0.25) is 0 Å². The van der Waals surface area contributed by atoms with Crippen LogP contribution in [-0.2, 0) is 14.8 Å². The van der Waals surface area contributed by atoms with Crippen molar-refractivity contribution in [3.05, 3.63) is 71.4 Å². The van der Waals surface area contributed by atoms with Crippen molar-refractivity contribution in [3.8, 4) is 0 Å². The van der Waals surface area contributed by atoms with Crippen LogP contribution in [0.25, 0.3) is 17.0 Å². The highest BCUT2D eigenvalue weighted by Crippen LogP contribution is 2.23. The average molecular weight is 376 g/mol. The molecule has 1 heterocycles. The number of carbonyl (C=O) groups is 1. The molecule has 134 valence electrons. The maximum absolute atomic E-state index is 13.7. The Labute approximate surface area is 148 Å². The molecule has 0 aliphatic rings. The van der Waals surface area contributed by atoms with Gasteiger partial charge in [-0.2, -0.15) is 0 Å². The Morgan fingerprint density at radius 1 is 1.12 bits per heavy atom. The summed E-state index contributed by atoms with van der Waals surface area (Å²) in [5.41, 5.74) is 1.88. The largest absolute Gasteiger partial charge is 0.360 e. The second kappa shape index (κ2) is 6.72. The predicted molar refractivity (Wildman–Crippen MR) is 93.8 cm³/mol. The molecule has 8 heteroatoms. The fourth-order valence-electron chi connectivity index (χ4n) is 2.49. The second-order valence-electron chi connectivity index (χ2n) is 5.65. The van der Waals surface area contributed by atoms with Crippen molar-refractivity contribution in [3.63, 3.8) is 0 Å². The van der Waals surface area contributed by atoms with E-state index in [1.165, 1.54) is 18.2 Å². The molecule has 0 aliphatic carbocycles. The van der Waals surface area contributed by atoms with Crippen LogP contribution in [0.1, 0.15) is 11.1 Å². The summed E-state index contributed by atoms with van der Waals surface area (Å²) in [7, 11) is -4.13. The van der Waals surface area contributed by atoms with E-state index in [9.17, 15) is 22.0 Å². The van der Waals surface area contributed by atoms with Gasteiger partial charge in [0.25, 0.3) is 15.9 Å². The van der Waals surface area contributed by atoms with Crippen LogP contribution in [-0.4, -0.2) is 19.3 Å². The number of hydrogen-bond donors (Lipinski definition) is 2. The Morgan fingerprint density at radius 2 is 1.81 bits per heavy atom. The number of hydrogen-bond acceptors (Lipinski definition) is 3. The third-order valence-electron chi connectivity index (χ3n) is 3.76. The van der Waals surface area contributed by atoms with E-state index in [0.29, 0.717) is 16.5 Å². The number of fused-ring (bicyclic) bond motifs is 1. The first-order chi connectivity index (χ1) is 12.3. The predicted octanol–water partition coefficient (Wildman–Crippen LogP) is 3.27. The summed E-state index contributed by atoms with van der Waals surface area (Å²) in [5, 5.41) is 0.670. The van der Waals surface area contributed by atoms with E-state index in [1.54, 1.807) is 6.20 Å². The summed E-state index contributed by atoms with van der Waals surface area (Å²) >= 11 is 0. The van der Waals surface area contributed by atoms with Crippen molar-refractivity contribution in [1.29, 1.82) is 0 Å². The van der Waals surface area contributed by atoms with Gasteiger partial charge in [-0.15, -0.1) is 0 Å². The lowest BCUT2D eigenvalue weighted by molar-refractivity contribution is -0.114. The summed E-state index contributed by atoms with van der Waals surface area (Å²) in [6.45, 7) is 1.81. The number of aromatic amines is 1. The number of H-pyrrole nitrogens is 1. The zero-order chi connectivity index (χ0) is 18.9. The van der Waals surface area contributed by atoms with Crippen molar-refractivity contribution < 1.29 is 22.0 Å². The van der Waals surface area contributed by atoms with Crippen molar-refractivity contribution >= 4 is 32.9 Å². The normalized spacial score (nSPS) is 12.0. The molecule has 0 bridgehead atoms. The van der Waals surface area contributed by atoms with Gasteiger partial charge in [-0.25, -0.2) is 21.9 Å². The highest BCUT2D eigenvalue weighted by molar-refractivity contribution is 7.90. The maximum atomic E-state index is 13.7. The Balaban J connectivity index is 1.83. The molecular formula is C18H14F2N2O3S. The molecule has 0 radical (unpaired) electrons. The van der Waals surface area contributed by atoms with Crippen LogP contribution in [0, 0.1) is 18.6 Å². The lowest BCUT2D eigenvalue weighted by Crippen LogP contribution is -2.28. The zero-order valence-corrected chi connectivity index (χ0v) is 14.4. The Hall–Kier alpha value is -3.00. The van der Waals surface area contributed by atoms with Crippen molar-refractivity contribution in [2.75, 3.05) is 0 Å². The summed E-state index contributed by atoms with van der Waals surface area (Å²) < 4.78 is 52.6. The summed E-state index contributed by atoms with van der Waals surface area (Å²) in [5.74, 6) is -1.97. The molecule has 2 aromatic carbocycles. The standard InChI is InChI=1S/C18H14F2N2O3S/c1-11-10-21-18-12(8-14(20)9-16(11)18)2-7-17(23)22-26(24,25)15-5-3-13(19)4-6-15/h2-10,21H,1H3,(H,22,23). The fraction of sp³-hybridized carbons (Fsp3) is 0.0556. The topological polar surface area (TPSA) is 79.0 Å². The van der Waals surface area contributed by atoms with E-state index in [4.69, 9.17) is 0 Å². The van der Waals surface area contributed by atoms with Crippen molar-refractivity contribution in [1.82, 2.24) is 9.71 Å². The van der Waals surface area contributed by atoms with Crippen LogP contribution in [0.5, 0.6) is 0 Å². The molecule has 5 nitrogen and oxygen atoms in total. The van der Waals surface area contributed by atoms with Gasteiger partial charge in [0.15, 0.2) is 0 Å². The maximum Gasteiger partial charge on any atom is 0.264 e. The van der Waals surface area contributed by atoms with Gasteiger partial charge in [0.2, 0.25) is 0 Å². The van der Waals surface area contributed by atoms with Crippen LogP contribution < -0.4 is 4.72 Å². The number of aromatic nitrogens is 1. The lowest BCUT2D eigenvalue weighted by atomic mass is 10.1. The van der Waals surface area contributed by atoms with Gasteiger partial charge in [-0.05, 0) is 55.0 Å². The molecule has 0 aliphatic heterocycles. The van der Waals surface area contributed by atoms with Crippen molar-refractivity contribution in [2.24, 2.45) is 0 Å². The molecule has 0 saturated heterocycles. The van der Waals surface area contributed by atoms with Gasteiger partial charge in [0.05, 0.1) is 10.4 Å². The average Bonchev–Trinajstić information content (AvgIpc) is 2.94. The van der Waals surface area contributed by atoms with Crippen LogP contribution in [0.3, 0.4) is 0 Å². The number of rotatable bonds is 4. The monoisotopic (exact) mass is 376 g/mol. The van der Waals surface area contributed by atoms with E-state index in [0.717, 1.165) is 35.9 Å². The molecule has 1 aromatic heterocycles. The number of halogens is 2. The number of amides is 1. The molecule has 0 unspecified atom stereocenters. The molecule has 2 N–H and O–H groups in total. The van der Waals surface area contributed by atoms with E-state index in [2.05, 4.69) is 4.98 Å². The first-order valence-electron chi connectivity index (χ1n) is 7.54. The fourth-order valence-corrected chi connectivity index (χ4v) is 3.44. The van der Waals surface area contributed by atoms with Gasteiger partial charge in [0, 0.05) is 23.2 Å². The quantitative estimate of drug-likeness (QED) is 0.686. The SMILES string of the molecule is Cc1c[nH]c2c(C=CC(=O)NS(=O)(=O)c3ccc(F)cc3)cc(F)cc12. The van der Waals surface area contributed by atoms with E-state index >= 15 is 0 Å². The third kappa shape index (κ3) is 3.65. The van der Waals surface area contributed by atoms with Crippen LogP contribution >= 0.6 is 0 Å². The lowest BCUT2D eigenvalue weighted by Gasteiger charge is -2.04. The highest BCUT2D eigenvalue weighted by Gasteiger charge is 2.16. The van der Waals surface area contributed by atoms with E-state index < -0.39 is 27.6 Å². The van der Waals surface area contributed by atoms with Gasteiger partial charge in [-0.1, -0.05) is 0 Å². The summed E-state index contributed by atoms with van der Waals surface area (Å²) in [6.07, 6.45) is 4.02. The Bertz CT molecular complexity index is 1120. The van der Waals surface area contributed by atoms with Gasteiger partial charge < -0.3 is 4.98 Å². The summed E-state index contributed by atoms with van der Waals surface area (Å²) in [4.78, 5) is 14.7. The number of nitrogens with one attached hydrogen (secondary N) is 2. The van der Waals surface area contributed by atoms with Crippen LogP contribution in [0.15, 0.2) is 53.6 Å². The number of sulfonamides is 1. The minimum Gasteiger partial charge on any atom is -0.360 e. The molecule has 3 aromatic rings. The Kier molecular flexibility index (Phi) is 4.60. The van der Waals surface area contributed by atoms with Gasteiger partial charge in [0.1, 0.15) is 11.6 Å². The smallest absolute Gasteiger partial charge is 0.264 e. The highest BCUT2D eigenvalue weighted by atomic mass is 32.2. The van der Waals surface area contributed by atoms with Gasteiger partial charge in [-0.3, -0.25) is 4.79 Å². The van der Waals surface area contributed by atoms with Gasteiger partial charge >= 0.3 is 0 Å². The molecule has 26 heavy (non-hydrogen) atoms. The first-order valence-corrected chi connectivity index (χ1v) is 9.02. The first kappa shape index (κ1) is 17.8. The number of carbonyl (C=O) groups excluding carboxylic acids is 1. The van der Waals surface area contributed by atoms with Crippen molar-refractivity contribution in [2.45, 2.75) is 11.8 Å². The third-order valence-corrected chi connectivity index (χ3v) is 5.13. The van der Waals surface area contributed by atoms with E-state index in [-0.39, 0.29) is 4.90 Å². The molecule has 0 atom stereocenters. The minimum absolute atomic E-state index is 0.242. The zero-order valence-electron chi connectivity index (χ0n) is 13.6. The molecule has 3 rings (SSSR count). The number of benzene rings is 2. The molecule has 0 fully saturated rings. The summed E-state index contributed by atoms with van der Waals surface area (Å²) in [6, 6.07) is 6.66. The molecular weight excluding hydrogens is 362 g/mol. The minimum atomic E-state index is -4.13. The second-order valence-corrected chi connectivity index (χ2v) is 7.33. The Morgan fingerprint density at radius 3 is 2.50 bits per heavy atom. The molecule has 0 saturated carbocycles. The number of aryl methyl sites for hydroxylation is 1.